The van der Waals surface area contributed by atoms with Crippen LogP contribution >= 0.6 is 11.6 Å². The van der Waals surface area contributed by atoms with Gasteiger partial charge in [0.15, 0.2) is 0 Å². The number of aryl methyl sites for hydroxylation is 1. The van der Waals surface area contributed by atoms with Crippen molar-refractivity contribution in [2.75, 3.05) is 7.11 Å². The highest BCUT2D eigenvalue weighted by molar-refractivity contribution is 6.30. The fourth-order valence-electron chi connectivity index (χ4n) is 2.46. The van der Waals surface area contributed by atoms with Crippen LogP contribution in [0, 0.1) is 6.92 Å². The van der Waals surface area contributed by atoms with Crippen molar-refractivity contribution in [1.29, 1.82) is 0 Å². The highest BCUT2D eigenvalue weighted by atomic mass is 35.5. The van der Waals surface area contributed by atoms with Crippen molar-refractivity contribution < 1.29 is 9.53 Å². The normalized spacial score (nSPS) is 10.6. The van der Waals surface area contributed by atoms with Gasteiger partial charge in [0.05, 0.1) is 7.11 Å². The summed E-state index contributed by atoms with van der Waals surface area (Å²) in [6.45, 7) is 2.04. The summed E-state index contributed by atoms with van der Waals surface area (Å²) in [5.41, 5.74) is 5.21. The molecule has 3 rings (SSSR count). The van der Waals surface area contributed by atoms with Crippen LogP contribution in [0.1, 0.15) is 16.1 Å². The highest BCUT2D eigenvalue weighted by Crippen LogP contribution is 2.31. The van der Waals surface area contributed by atoms with E-state index < -0.39 is 5.97 Å². The molecule has 0 atom stereocenters. The number of benzene rings is 2. The second-order valence-corrected chi connectivity index (χ2v) is 5.77. The summed E-state index contributed by atoms with van der Waals surface area (Å²) in [4.78, 5) is 15.3. The number of esters is 1. The van der Waals surface area contributed by atoms with Gasteiger partial charge >= 0.3 is 5.97 Å². The quantitative estimate of drug-likeness (QED) is 0.681. The van der Waals surface area contributed by atoms with Crippen molar-refractivity contribution in [3.05, 3.63) is 70.9 Å². The number of H-pyrrole nitrogens is 1. The molecule has 23 heavy (non-hydrogen) atoms. The molecule has 0 saturated heterocycles. The molecule has 4 heteroatoms. The maximum Gasteiger partial charge on any atom is 0.355 e. The first kappa shape index (κ1) is 15.4. The minimum atomic E-state index is -0.395. The van der Waals surface area contributed by atoms with Crippen LogP contribution in [0.25, 0.3) is 22.4 Å². The molecule has 0 fully saturated rings. The monoisotopic (exact) mass is 325 g/mol. The third-order valence-corrected chi connectivity index (χ3v) is 3.98. The van der Waals surface area contributed by atoms with Gasteiger partial charge in [-0.1, -0.05) is 53.6 Å². The summed E-state index contributed by atoms with van der Waals surface area (Å²) in [7, 11) is 1.38. The van der Waals surface area contributed by atoms with E-state index in [0.717, 1.165) is 22.4 Å². The number of carbonyl (C=O) groups excluding carboxylic acids is 1. The fraction of sp³-hybridized carbons (Fsp3) is 0.105. The van der Waals surface area contributed by atoms with Crippen LogP contribution in [0.3, 0.4) is 0 Å². The van der Waals surface area contributed by atoms with Crippen molar-refractivity contribution in [1.82, 2.24) is 4.98 Å². The van der Waals surface area contributed by atoms with E-state index in [1.54, 1.807) is 12.1 Å². The number of aromatic amines is 1. The Kier molecular flexibility index (Phi) is 4.22. The van der Waals surface area contributed by atoms with E-state index in [1.165, 1.54) is 12.7 Å². The summed E-state index contributed by atoms with van der Waals surface area (Å²) in [6, 6.07) is 17.5. The Labute approximate surface area is 139 Å². The minimum absolute atomic E-state index is 0.395. The molecule has 3 aromatic rings. The number of hydrogen-bond acceptors (Lipinski definition) is 2. The average Bonchev–Trinajstić information content (AvgIpc) is 3.00. The lowest BCUT2D eigenvalue weighted by molar-refractivity contribution is 0.0596. The summed E-state index contributed by atoms with van der Waals surface area (Å²) in [5, 5.41) is 0.655. The molecule has 0 aliphatic rings. The van der Waals surface area contributed by atoms with Gasteiger partial charge in [-0.2, -0.15) is 0 Å². The number of nitrogens with one attached hydrogen (secondary N) is 1. The summed E-state index contributed by atoms with van der Waals surface area (Å²) < 4.78 is 4.89. The van der Waals surface area contributed by atoms with Crippen molar-refractivity contribution in [3.63, 3.8) is 0 Å². The summed E-state index contributed by atoms with van der Waals surface area (Å²) in [6.07, 6.45) is 0. The maximum absolute atomic E-state index is 12.1. The van der Waals surface area contributed by atoms with Gasteiger partial charge in [0.25, 0.3) is 0 Å². The molecule has 0 amide bonds. The van der Waals surface area contributed by atoms with E-state index in [4.69, 9.17) is 16.3 Å². The number of hydrogen-bond donors (Lipinski definition) is 1. The van der Waals surface area contributed by atoms with Crippen LogP contribution in [0.5, 0.6) is 0 Å². The predicted molar refractivity (Wildman–Crippen MR) is 92.8 cm³/mol. The van der Waals surface area contributed by atoms with Gasteiger partial charge < -0.3 is 9.72 Å². The highest BCUT2D eigenvalue weighted by Gasteiger charge is 2.18. The second-order valence-electron chi connectivity index (χ2n) is 5.34. The molecule has 0 aliphatic heterocycles. The number of halogens is 1. The molecule has 1 aromatic heterocycles. The van der Waals surface area contributed by atoms with Crippen LogP contribution in [-0.4, -0.2) is 18.1 Å². The SMILES string of the molecule is COC(=O)c1[nH]c(-c2ccc(C)cc2)cc1-c1ccc(Cl)cc1. The molecule has 0 spiro atoms. The Morgan fingerprint density at radius 1 is 1.00 bits per heavy atom. The third-order valence-electron chi connectivity index (χ3n) is 3.72. The predicted octanol–water partition coefficient (Wildman–Crippen LogP) is 5.10. The first-order valence-corrected chi connectivity index (χ1v) is 7.60. The molecule has 3 nitrogen and oxygen atoms in total. The first-order valence-electron chi connectivity index (χ1n) is 7.23. The molecule has 0 saturated carbocycles. The molecule has 0 radical (unpaired) electrons. The molecule has 1 heterocycles. The number of rotatable bonds is 3. The summed E-state index contributed by atoms with van der Waals surface area (Å²) >= 11 is 5.95. The lowest BCUT2D eigenvalue weighted by Crippen LogP contribution is -2.03. The smallest absolute Gasteiger partial charge is 0.355 e. The minimum Gasteiger partial charge on any atom is -0.464 e. The van der Waals surface area contributed by atoms with Crippen molar-refractivity contribution >= 4 is 17.6 Å². The molecule has 116 valence electrons. The zero-order valence-electron chi connectivity index (χ0n) is 12.9. The van der Waals surface area contributed by atoms with Crippen LogP contribution in [0.2, 0.25) is 5.02 Å². The number of ether oxygens (including phenoxy) is 1. The molecular weight excluding hydrogens is 310 g/mol. The average molecular weight is 326 g/mol. The van der Waals surface area contributed by atoms with E-state index in [-0.39, 0.29) is 0 Å². The van der Waals surface area contributed by atoms with E-state index in [0.29, 0.717) is 10.7 Å². The van der Waals surface area contributed by atoms with Crippen LogP contribution < -0.4 is 0 Å². The van der Waals surface area contributed by atoms with Crippen molar-refractivity contribution in [3.8, 4) is 22.4 Å². The molecule has 0 unspecified atom stereocenters. The Bertz CT molecular complexity index is 833. The van der Waals surface area contributed by atoms with Crippen molar-refractivity contribution in [2.24, 2.45) is 0 Å². The number of carbonyl (C=O) groups is 1. The zero-order valence-corrected chi connectivity index (χ0v) is 13.6. The van der Waals surface area contributed by atoms with Crippen molar-refractivity contribution in [2.45, 2.75) is 6.92 Å². The van der Waals surface area contributed by atoms with E-state index in [2.05, 4.69) is 4.98 Å². The summed E-state index contributed by atoms with van der Waals surface area (Å²) in [5.74, 6) is -0.395. The zero-order chi connectivity index (χ0) is 16.4. The molecule has 0 bridgehead atoms. The molecule has 0 aliphatic carbocycles. The maximum atomic E-state index is 12.1. The van der Waals surface area contributed by atoms with Gasteiger partial charge in [-0.3, -0.25) is 0 Å². The molecule has 2 aromatic carbocycles. The largest absolute Gasteiger partial charge is 0.464 e. The molecule has 1 N–H and O–H groups in total. The van der Waals surface area contributed by atoms with E-state index in [1.807, 2.05) is 49.4 Å². The topological polar surface area (TPSA) is 42.1 Å². The van der Waals surface area contributed by atoms with E-state index in [9.17, 15) is 4.79 Å². The van der Waals surface area contributed by atoms with Gasteiger partial charge in [0.2, 0.25) is 0 Å². The molecular formula is C19H16ClNO2. The second kappa shape index (κ2) is 6.31. The van der Waals surface area contributed by atoms with Crippen LogP contribution in [0.15, 0.2) is 54.6 Å². The Hall–Kier alpha value is -2.52. The first-order chi connectivity index (χ1) is 11.1. The third kappa shape index (κ3) is 3.15. The van der Waals surface area contributed by atoms with Gasteiger partial charge in [0.1, 0.15) is 5.69 Å². The fourth-order valence-corrected chi connectivity index (χ4v) is 2.59. The van der Waals surface area contributed by atoms with Gasteiger partial charge in [-0.25, -0.2) is 4.79 Å². The number of methoxy groups -OCH3 is 1. The lowest BCUT2D eigenvalue weighted by Gasteiger charge is -2.02. The lowest BCUT2D eigenvalue weighted by atomic mass is 10.0. The standard InChI is InChI=1S/C19H16ClNO2/c1-12-3-5-14(6-4-12)17-11-16(18(21-17)19(22)23-2)13-7-9-15(20)10-8-13/h3-11,21H,1-2H3. The van der Waals surface area contributed by atoms with E-state index >= 15 is 0 Å². The Balaban J connectivity index is 2.12. The number of aromatic nitrogens is 1. The van der Waals surface area contributed by atoms with Gasteiger partial charge in [0, 0.05) is 16.3 Å². The van der Waals surface area contributed by atoms with Crippen LogP contribution in [-0.2, 0) is 4.74 Å². The van der Waals surface area contributed by atoms with Gasteiger partial charge in [-0.15, -0.1) is 0 Å². The Morgan fingerprint density at radius 2 is 1.61 bits per heavy atom. The Morgan fingerprint density at radius 3 is 2.22 bits per heavy atom. The van der Waals surface area contributed by atoms with Gasteiger partial charge in [-0.05, 0) is 36.2 Å². The van der Waals surface area contributed by atoms with Crippen LogP contribution in [0.4, 0.5) is 0 Å².